The van der Waals surface area contributed by atoms with Gasteiger partial charge >= 0.3 is 0 Å². The standard InChI is InChI=1S/C5H10FNO.ClH/c6-4-1-5(3-8)7-2-4;/h4-5,7-8H,1-3H2;1H/t4-,5+;/m0./s1. The Morgan fingerprint density at radius 1 is 1.67 bits per heavy atom. The fraction of sp³-hybridized carbons (Fsp3) is 1.00. The molecule has 2 nitrogen and oxygen atoms in total. The Morgan fingerprint density at radius 2 is 2.33 bits per heavy atom. The summed E-state index contributed by atoms with van der Waals surface area (Å²) in [5.74, 6) is 0. The van der Waals surface area contributed by atoms with Crippen molar-refractivity contribution in [2.75, 3.05) is 13.2 Å². The van der Waals surface area contributed by atoms with Gasteiger partial charge in [0.05, 0.1) is 6.61 Å². The normalized spacial score (nSPS) is 34.0. The van der Waals surface area contributed by atoms with Crippen LogP contribution in [0.1, 0.15) is 6.42 Å². The van der Waals surface area contributed by atoms with Crippen LogP contribution in [0.3, 0.4) is 0 Å². The summed E-state index contributed by atoms with van der Waals surface area (Å²) in [5, 5.41) is 11.3. The van der Waals surface area contributed by atoms with Crippen LogP contribution in [0.15, 0.2) is 0 Å². The van der Waals surface area contributed by atoms with E-state index in [1.54, 1.807) is 0 Å². The van der Waals surface area contributed by atoms with Crippen molar-refractivity contribution in [2.45, 2.75) is 18.6 Å². The van der Waals surface area contributed by atoms with Crippen molar-refractivity contribution in [3.63, 3.8) is 0 Å². The van der Waals surface area contributed by atoms with Crippen molar-refractivity contribution in [3.05, 3.63) is 0 Å². The van der Waals surface area contributed by atoms with Crippen LogP contribution >= 0.6 is 12.4 Å². The number of aliphatic hydroxyl groups is 1. The second-order valence-electron chi connectivity index (χ2n) is 2.12. The Labute approximate surface area is 59.9 Å². The Kier molecular flexibility index (Phi) is 4.10. The van der Waals surface area contributed by atoms with Crippen molar-refractivity contribution in [2.24, 2.45) is 0 Å². The topological polar surface area (TPSA) is 32.3 Å². The maximum absolute atomic E-state index is 12.2. The lowest BCUT2D eigenvalue weighted by atomic mass is 10.2. The highest BCUT2D eigenvalue weighted by Crippen LogP contribution is 2.08. The highest BCUT2D eigenvalue weighted by atomic mass is 35.5. The number of nitrogens with one attached hydrogen (secondary N) is 1. The molecule has 56 valence electrons. The van der Waals surface area contributed by atoms with E-state index in [4.69, 9.17) is 5.11 Å². The fourth-order valence-electron chi connectivity index (χ4n) is 0.909. The predicted molar refractivity (Wildman–Crippen MR) is 35.6 cm³/mol. The molecule has 1 saturated heterocycles. The molecule has 0 spiro atoms. The molecule has 0 aliphatic carbocycles. The summed E-state index contributed by atoms with van der Waals surface area (Å²) in [6.45, 7) is 0.464. The summed E-state index contributed by atoms with van der Waals surface area (Å²) in [6, 6.07) is 0.00463. The van der Waals surface area contributed by atoms with Crippen LogP contribution in [0.4, 0.5) is 4.39 Å². The second-order valence-corrected chi connectivity index (χ2v) is 2.12. The van der Waals surface area contributed by atoms with Gasteiger partial charge in [0.15, 0.2) is 0 Å². The molecule has 0 aromatic carbocycles. The molecule has 1 fully saturated rings. The molecule has 0 radical (unpaired) electrons. The van der Waals surface area contributed by atoms with E-state index in [-0.39, 0.29) is 25.1 Å². The quantitative estimate of drug-likeness (QED) is 0.563. The largest absolute Gasteiger partial charge is 0.395 e. The second kappa shape index (κ2) is 4.04. The summed E-state index contributed by atoms with van der Waals surface area (Å²) >= 11 is 0. The van der Waals surface area contributed by atoms with Crippen LogP contribution in [-0.4, -0.2) is 30.5 Å². The fourth-order valence-corrected chi connectivity index (χ4v) is 0.909. The third-order valence-electron chi connectivity index (χ3n) is 1.39. The van der Waals surface area contributed by atoms with Crippen molar-refractivity contribution in [3.8, 4) is 0 Å². The highest BCUT2D eigenvalue weighted by molar-refractivity contribution is 5.85. The zero-order valence-corrected chi connectivity index (χ0v) is 5.83. The molecule has 9 heavy (non-hydrogen) atoms. The summed E-state index contributed by atoms with van der Waals surface area (Å²) < 4.78 is 12.2. The van der Waals surface area contributed by atoms with Gasteiger partial charge in [-0.3, -0.25) is 0 Å². The zero-order chi connectivity index (χ0) is 5.98. The molecular formula is C5H11ClFNO. The molecule has 1 aliphatic heterocycles. The van der Waals surface area contributed by atoms with Gasteiger partial charge in [-0.1, -0.05) is 0 Å². The number of aliphatic hydroxyl groups excluding tert-OH is 1. The van der Waals surface area contributed by atoms with E-state index in [1.807, 2.05) is 0 Å². The Morgan fingerprint density at radius 3 is 2.56 bits per heavy atom. The molecule has 1 aliphatic rings. The van der Waals surface area contributed by atoms with Crippen LogP contribution in [0, 0.1) is 0 Å². The molecule has 0 amide bonds. The van der Waals surface area contributed by atoms with Crippen molar-refractivity contribution < 1.29 is 9.50 Å². The van der Waals surface area contributed by atoms with Gasteiger partial charge in [-0.15, -0.1) is 12.4 Å². The first-order chi connectivity index (χ1) is 3.83. The molecule has 4 heteroatoms. The minimum absolute atomic E-state index is 0. The molecule has 2 N–H and O–H groups in total. The number of alkyl halides is 1. The van der Waals surface area contributed by atoms with Gasteiger partial charge < -0.3 is 10.4 Å². The first kappa shape index (κ1) is 9.14. The minimum atomic E-state index is -0.743. The average Bonchev–Trinajstić information content (AvgIpc) is 2.14. The van der Waals surface area contributed by atoms with Crippen LogP contribution in [0.2, 0.25) is 0 Å². The minimum Gasteiger partial charge on any atom is -0.395 e. The summed E-state index contributed by atoms with van der Waals surface area (Å²) in [5.41, 5.74) is 0. The Balaban J connectivity index is 0.000000640. The van der Waals surface area contributed by atoms with E-state index in [1.165, 1.54) is 0 Å². The van der Waals surface area contributed by atoms with Gasteiger partial charge in [0.2, 0.25) is 0 Å². The lowest BCUT2D eigenvalue weighted by Gasteiger charge is -2.01. The maximum atomic E-state index is 12.2. The van der Waals surface area contributed by atoms with E-state index >= 15 is 0 Å². The molecule has 0 bridgehead atoms. The van der Waals surface area contributed by atoms with Crippen LogP contribution in [0.5, 0.6) is 0 Å². The van der Waals surface area contributed by atoms with Crippen molar-refractivity contribution in [1.29, 1.82) is 0 Å². The van der Waals surface area contributed by atoms with Crippen molar-refractivity contribution in [1.82, 2.24) is 5.32 Å². The molecule has 0 aromatic rings. The van der Waals surface area contributed by atoms with E-state index < -0.39 is 6.17 Å². The number of hydrogen-bond acceptors (Lipinski definition) is 2. The van der Waals surface area contributed by atoms with Crippen LogP contribution in [-0.2, 0) is 0 Å². The molecule has 0 unspecified atom stereocenters. The SMILES string of the molecule is Cl.OC[C@H]1C[C@H](F)CN1. The number of hydrogen-bond donors (Lipinski definition) is 2. The maximum Gasteiger partial charge on any atom is 0.114 e. The predicted octanol–water partition coefficient (Wildman–Crippen LogP) is 0.100. The average molecular weight is 156 g/mol. The zero-order valence-electron chi connectivity index (χ0n) is 5.01. The van der Waals surface area contributed by atoms with Gasteiger partial charge in [-0.05, 0) is 6.42 Å². The van der Waals surface area contributed by atoms with E-state index in [2.05, 4.69) is 5.32 Å². The summed E-state index contributed by atoms with van der Waals surface area (Å²) in [4.78, 5) is 0. The molecule has 0 saturated carbocycles. The Hall–Kier alpha value is 0.140. The lowest BCUT2D eigenvalue weighted by Crippen LogP contribution is -2.24. The summed E-state index contributed by atoms with van der Waals surface area (Å²) in [6.07, 6.45) is -0.275. The smallest absolute Gasteiger partial charge is 0.114 e. The van der Waals surface area contributed by atoms with E-state index in [0.717, 1.165) is 0 Å². The van der Waals surface area contributed by atoms with Crippen LogP contribution in [0.25, 0.3) is 0 Å². The third kappa shape index (κ3) is 2.47. The number of halogens is 2. The Bertz CT molecular complexity index is 83.4. The van der Waals surface area contributed by atoms with E-state index in [9.17, 15) is 4.39 Å². The molecule has 0 aromatic heterocycles. The molecule has 2 atom stereocenters. The molecule has 1 heterocycles. The monoisotopic (exact) mass is 155 g/mol. The van der Waals surface area contributed by atoms with E-state index in [0.29, 0.717) is 13.0 Å². The molecular weight excluding hydrogens is 145 g/mol. The number of rotatable bonds is 1. The molecule has 1 rings (SSSR count). The van der Waals surface area contributed by atoms with Gasteiger partial charge in [0.1, 0.15) is 6.17 Å². The third-order valence-corrected chi connectivity index (χ3v) is 1.39. The first-order valence-corrected chi connectivity index (χ1v) is 2.81. The van der Waals surface area contributed by atoms with Gasteiger partial charge in [-0.2, -0.15) is 0 Å². The summed E-state index contributed by atoms with van der Waals surface area (Å²) in [7, 11) is 0. The lowest BCUT2D eigenvalue weighted by molar-refractivity contribution is 0.248. The van der Waals surface area contributed by atoms with Gasteiger partial charge in [0, 0.05) is 12.6 Å². The van der Waals surface area contributed by atoms with Crippen molar-refractivity contribution >= 4 is 12.4 Å². The first-order valence-electron chi connectivity index (χ1n) is 2.81. The van der Waals surface area contributed by atoms with Gasteiger partial charge in [-0.25, -0.2) is 4.39 Å². The highest BCUT2D eigenvalue weighted by Gasteiger charge is 2.21. The van der Waals surface area contributed by atoms with Crippen LogP contribution < -0.4 is 5.32 Å². The van der Waals surface area contributed by atoms with Gasteiger partial charge in [0.25, 0.3) is 0 Å².